The van der Waals surface area contributed by atoms with E-state index >= 15 is 0 Å². The number of ether oxygens (including phenoxy) is 1. The third-order valence-electron chi connectivity index (χ3n) is 2.12. The maximum atomic E-state index is 12.8. The van der Waals surface area contributed by atoms with Gasteiger partial charge in [0.15, 0.2) is 0 Å². The van der Waals surface area contributed by atoms with Crippen molar-refractivity contribution in [3.8, 4) is 0 Å². The molecule has 0 N–H and O–H groups in total. The predicted octanol–water partition coefficient (Wildman–Crippen LogP) is 3.24. The number of rotatable bonds is 1. The molecule has 0 aromatic heterocycles. The third-order valence-corrected chi connectivity index (χ3v) is 2.78. The van der Waals surface area contributed by atoms with Crippen molar-refractivity contribution in [1.82, 2.24) is 0 Å². The number of benzene rings is 1. The second-order valence-electron chi connectivity index (χ2n) is 3.20. The van der Waals surface area contributed by atoms with Crippen LogP contribution in [0, 0.1) is 0 Å². The van der Waals surface area contributed by atoms with E-state index in [1.165, 1.54) is 12.1 Å². The molecule has 0 bridgehead atoms. The van der Waals surface area contributed by atoms with Crippen LogP contribution in [0.5, 0.6) is 0 Å². The van der Waals surface area contributed by atoms with E-state index in [1.54, 1.807) is 0 Å². The fourth-order valence-corrected chi connectivity index (χ4v) is 2.00. The Morgan fingerprint density at radius 1 is 1.31 bits per heavy atom. The minimum Gasteiger partial charge on any atom is -0.475 e. The van der Waals surface area contributed by atoms with E-state index in [2.05, 4.69) is 20.9 Å². The smallest absolute Gasteiger partial charge is 0.417 e. The molecule has 1 heterocycles. The van der Waals surface area contributed by atoms with Crippen molar-refractivity contribution in [3.05, 3.63) is 33.8 Å². The average Bonchev–Trinajstić information content (AvgIpc) is 2.68. The van der Waals surface area contributed by atoms with Crippen LogP contribution in [0.25, 0.3) is 0 Å². The number of alkyl halides is 3. The molecule has 0 fully saturated rings. The molecule has 0 radical (unpaired) electrons. The van der Waals surface area contributed by atoms with Crippen LogP contribution >= 0.6 is 15.9 Å². The van der Waals surface area contributed by atoms with Crippen molar-refractivity contribution < 1.29 is 17.9 Å². The number of aliphatic imine (C=N–C) groups is 1. The fraction of sp³-hybridized carbons (Fsp3) is 0.300. The first-order valence-corrected chi connectivity index (χ1v) is 5.33. The molecule has 0 amide bonds. The second kappa shape index (κ2) is 4.08. The summed E-state index contributed by atoms with van der Waals surface area (Å²) in [5, 5.41) is 0. The summed E-state index contributed by atoms with van der Waals surface area (Å²) in [7, 11) is 0. The highest BCUT2D eigenvalue weighted by Crippen LogP contribution is 2.36. The molecule has 0 unspecified atom stereocenters. The van der Waals surface area contributed by atoms with Crippen LogP contribution in [0.1, 0.15) is 11.1 Å². The van der Waals surface area contributed by atoms with Crippen molar-refractivity contribution in [2.75, 3.05) is 13.2 Å². The van der Waals surface area contributed by atoms with E-state index in [0.29, 0.717) is 17.6 Å². The van der Waals surface area contributed by atoms with Crippen molar-refractivity contribution in [2.45, 2.75) is 6.18 Å². The van der Waals surface area contributed by atoms with Gasteiger partial charge in [0.25, 0.3) is 0 Å². The SMILES string of the molecule is FC(F)(F)c1cccc(Br)c1C1=NCCO1. The normalized spacial score (nSPS) is 15.9. The lowest BCUT2D eigenvalue weighted by molar-refractivity contribution is -0.137. The Morgan fingerprint density at radius 2 is 2.06 bits per heavy atom. The Morgan fingerprint density at radius 3 is 2.62 bits per heavy atom. The Kier molecular flexibility index (Phi) is 2.92. The van der Waals surface area contributed by atoms with Gasteiger partial charge in [-0.3, -0.25) is 0 Å². The molecule has 16 heavy (non-hydrogen) atoms. The molecule has 1 aliphatic rings. The Bertz CT molecular complexity index is 442. The van der Waals surface area contributed by atoms with Crippen molar-refractivity contribution >= 4 is 21.8 Å². The second-order valence-corrected chi connectivity index (χ2v) is 4.05. The summed E-state index contributed by atoms with van der Waals surface area (Å²) in [6, 6.07) is 3.89. The summed E-state index contributed by atoms with van der Waals surface area (Å²) < 4.78 is 43.7. The summed E-state index contributed by atoms with van der Waals surface area (Å²) in [6.07, 6.45) is -4.41. The molecular weight excluding hydrogens is 287 g/mol. The van der Waals surface area contributed by atoms with Crippen molar-refractivity contribution in [1.29, 1.82) is 0 Å². The zero-order valence-corrected chi connectivity index (χ0v) is 9.60. The minimum absolute atomic E-state index is 0.0208. The first-order chi connectivity index (χ1) is 7.50. The number of nitrogens with zero attached hydrogens (tertiary/aromatic N) is 1. The van der Waals surface area contributed by atoms with Gasteiger partial charge in [0.1, 0.15) is 6.61 Å². The van der Waals surface area contributed by atoms with Crippen LogP contribution < -0.4 is 0 Å². The van der Waals surface area contributed by atoms with Gasteiger partial charge in [-0.15, -0.1) is 0 Å². The summed E-state index contributed by atoms with van der Waals surface area (Å²) in [5.74, 6) is 0.0554. The molecule has 1 aromatic carbocycles. The standard InChI is InChI=1S/C10H7BrF3NO/c11-7-3-1-2-6(10(12,13)14)8(7)9-15-4-5-16-9/h1-3H,4-5H2. The predicted molar refractivity (Wildman–Crippen MR) is 56.5 cm³/mol. The summed E-state index contributed by atoms with van der Waals surface area (Å²) >= 11 is 3.09. The molecule has 2 rings (SSSR count). The zero-order valence-electron chi connectivity index (χ0n) is 8.01. The van der Waals surface area contributed by atoms with Gasteiger partial charge in [-0.05, 0) is 28.1 Å². The van der Waals surface area contributed by atoms with Gasteiger partial charge in [-0.25, -0.2) is 4.99 Å². The molecule has 86 valence electrons. The number of hydrogen-bond donors (Lipinski definition) is 0. The first kappa shape index (κ1) is 11.4. The van der Waals surface area contributed by atoms with E-state index < -0.39 is 11.7 Å². The van der Waals surface area contributed by atoms with Crippen LogP contribution in [-0.4, -0.2) is 19.0 Å². The number of hydrogen-bond acceptors (Lipinski definition) is 2. The van der Waals surface area contributed by atoms with Gasteiger partial charge < -0.3 is 4.74 Å². The van der Waals surface area contributed by atoms with Crippen LogP contribution in [0.4, 0.5) is 13.2 Å². The van der Waals surface area contributed by atoms with E-state index in [4.69, 9.17) is 4.74 Å². The van der Waals surface area contributed by atoms with Crippen molar-refractivity contribution in [2.24, 2.45) is 4.99 Å². The molecule has 1 aliphatic heterocycles. The van der Waals surface area contributed by atoms with Gasteiger partial charge in [0.05, 0.1) is 17.7 Å². The average molecular weight is 294 g/mol. The molecule has 2 nitrogen and oxygen atoms in total. The van der Waals surface area contributed by atoms with Gasteiger partial charge in [0.2, 0.25) is 5.90 Å². The Labute approximate surface area is 98.3 Å². The van der Waals surface area contributed by atoms with Gasteiger partial charge in [-0.2, -0.15) is 13.2 Å². The van der Waals surface area contributed by atoms with Gasteiger partial charge in [-0.1, -0.05) is 6.07 Å². The summed E-state index contributed by atoms with van der Waals surface area (Å²) in [6.45, 7) is 0.724. The van der Waals surface area contributed by atoms with E-state index in [9.17, 15) is 13.2 Å². The lowest BCUT2D eigenvalue weighted by Crippen LogP contribution is -2.14. The summed E-state index contributed by atoms with van der Waals surface area (Å²) in [4.78, 5) is 3.91. The fourth-order valence-electron chi connectivity index (χ4n) is 1.46. The highest BCUT2D eigenvalue weighted by atomic mass is 79.9. The first-order valence-electron chi connectivity index (χ1n) is 4.53. The monoisotopic (exact) mass is 293 g/mol. The van der Waals surface area contributed by atoms with E-state index in [0.717, 1.165) is 6.07 Å². The molecule has 1 aromatic rings. The number of halogens is 4. The Hall–Kier alpha value is -1.04. The largest absolute Gasteiger partial charge is 0.475 e. The van der Waals surface area contributed by atoms with Gasteiger partial charge in [0, 0.05) is 4.47 Å². The zero-order chi connectivity index (χ0) is 11.8. The molecule has 0 spiro atoms. The minimum atomic E-state index is -4.41. The molecular formula is C10H7BrF3NO. The molecule has 0 aliphatic carbocycles. The molecule has 6 heteroatoms. The van der Waals surface area contributed by atoms with E-state index in [-0.39, 0.29) is 11.5 Å². The third kappa shape index (κ3) is 2.07. The Balaban J connectivity index is 2.57. The molecule has 0 saturated heterocycles. The van der Waals surface area contributed by atoms with E-state index in [1.807, 2.05) is 0 Å². The quantitative estimate of drug-likeness (QED) is 0.779. The van der Waals surface area contributed by atoms with Gasteiger partial charge >= 0.3 is 6.18 Å². The van der Waals surface area contributed by atoms with Crippen molar-refractivity contribution in [3.63, 3.8) is 0 Å². The highest BCUT2D eigenvalue weighted by molar-refractivity contribution is 9.10. The lowest BCUT2D eigenvalue weighted by Gasteiger charge is -2.13. The maximum absolute atomic E-state index is 12.8. The topological polar surface area (TPSA) is 21.6 Å². The van der Waals surface area contributed by atoms with Crippen LogP contribution in [0.15, 0.2) is 27.7 Å². The highest BCUT2D eigenvalue weighted by Gasteiger charge is 2.36. The lowest BCUT2D eigenvalue weighted by atomic mass is 10.1. The van der Waals surface area contributed by atoms with Crippen LogP contribution in [-0.2, 0) is 10.9 Å². The molecule has 0 saturated carbocycles. The van der Waals surface area contributed by atoms with Crippen LogP contribution in [0.3, 0.4) is 0 Å². The summed E-state index contributed by atoms with van der Waals surface area (Å²) in [5.41, 5.74) is -0.755. The van der Waals surface area contributed by atoms with Crippen LogP contribution in [0.2, 0.25) is 0 Å². The maximum Gasteiger partial charge on any atom is 0.417 e. The molecule has 0 atom stereocenters.